The molecule has 8 heteroatoms. The lowest BCUT2D eigenvalue weighted by Crippen LogP contribution is -2.53. The van der Waals surface area contributed by atoms with Crippen LogP contribution in [0.2, 0.25) is 0 Å². The third-order valence-electron chi connectivity index (χ3n) is 3.65. The molecule has 0 amide bonds. The van der Waals surface area contributed by atoms with Crippen molar-refractivity contribution in [2.45, 2.75) is 32.6 Å². The fourth-order valence-corrected chi connectivity index (χ4v) is 4.35. The fraction of sp³-hybridized carbons (Fsp3) is 0.667. The number of hydrogen-bond acceptors (Lipinski definition) is 5. The van der Waals surface area contributed by atoms with E-state index in [4.69, 9.17) is 9.47 Å². The molecule has 130 valence electrons. The fourth-order valence-electron chi connectivity index (χ4n) is 2.62. The number of morpholine rings is 1. The van der Waals surface area contributed by atoms with Gasteiger partial charge in [0.1, 0.15) is 0 Å². The molecule has 1 aromatic rings. The second kappa shape index (κ2) is 8.16. The van der Waals surface area contributed by atoms with Crippen molar-refractivity contribution in [3.8, 4) is 0 Å². The molecule has 0 N–H and O–H groups in total. The number of hydrogen-bond donors (Lipinski definition) is 0. The van der Waals surface area contributed by atoms with E-state index in [0.29, 0.717) is 25.4 Å². The van der Waals surface area contributed by atoms with E-state index in [-0.39, 0.29) is 25.3 Å². The molecule has 0 spiro atoms. The normalized spacial score (nSPS) is 23.3. The summed E-state index contributed by atoms with van der Waals surface area (Å²) < 4.78 is 39.6. The molecular formula is C15H25N3O4S. The number of methoxy groups -OCH3 is 1. The molecule has 0 unspecified atom stereocenters. The van der Waals surface area contributed by atoms with Gasteiger partial charge in [0, 0.05) is 32.9 Å². The minimum atomic E-state index is -3.59. The van der Waals surface area contributed by atoms with Gasteiger partial charge in [-0.15, -0.1) is 0 Å². The van der Waals surface area contributed by atoms with Gasteiger partial charge in [0.25, 0.3) is 10.2 Å². The molecule has 1 aliphatic rings. The van der Waals surface area contributed by atoms with Crippen LogP contribution in [-0.2, 0) is 26.2 Å². The Bertz CT molecular complexity index is 572. The zero-order valence-electron chi connectivity index (χ0n) is 13.9. The lowest BCUT2D eigenvalue weighted by atomic mass is 10.3. The van der Waals surface area contributed by atoms with Crippen LogP contribution in [0.15, 0.2) is 24.4 Å². The van der Waals surface area contributed by atoms with Gasteiger partial charge in [-0.2, -0.15) is 17.0 Å². The second-order valence-corrected chi connectivity index (χ2v) is 7.66. The summed E-state index contributed by atoms with van der Waals surface area (Å²) in [6.45, 7) is 5.34. The number of nitrogens with zero attached hydrogens (tertiary/aromatic N) is 3. The van der Waals surface area contributed by atoms with E-state index in [2.05, 4.69) is 4.98 Å². The summed E-state index contributed by atoms with van der Waals surface area (Å²) in [5, 5.41) is 0. The maximum absolute atomic E-state index is 13.0. The van der Waals surface area contributed by atoms with Crippen LogP contribution in [0.4, 0.5) is 0 Å². The molecule has 2 heterocycles. The highest BCUT2D eigenvalue weighted by atomic mass is 32.2. The highest BCUT2D eigenvalue weighted by Crippen LogP contribution is 2.19. The quantitative estimate of drug-likeness (QED) is 0.735. The highest BCUT2D eigenvalue weighted by Gasteiger charge is 2.35. The minimum absolute atomic E-state index is 0.118. The summed E-state index contributed by atoms with van der Waals surface area (Å²) in [6.07, 6.45) is 1.43. The van der Waals surface area contributed by atoms with Crippen molar-refractivity contribution in [2.75, 3.05) is 33.4 Å². The lowest BCUT2D eigenvalue weighted by Gasteiger charge is -2.37. The number of aromatic nitrogens is 1. The molecule has 0 bridgehead atoms. The van der Waals surface area contributed by atoms with Crippen LogP contribution < -0.4 is 0 Å². The van der Waals surface area contributed by atoms with Crippen molar-refractivity contribution in [3.05, 3.63) is 30.1 Å². The Hall–Kier alpha value is -1.06. The van der Waals surface area contributed by atoms with Crippen LogP contribution in [-0.4, -0.2) is 67.6 Å². The first-order chi connectivity index (χ1) is 10.9. The van der Waals surface area contributed by atoms with Gasteiger partial charge in [0.05, 0.1) is 31.1 Å². The third kappa shape index (κ3) is 4.95. The van der Waals surface area contributed by atoms with E-state index in [0.717, 1.165) is 0 Å². The first-order valence-electron chi connectivity index (χ1n) is 7.73. The molecule has 2 rings (SSSR count). The highest BCUT2D eigenvalue weighted by molar-refractivity contribution is 7.86. The van der Waals surface area contributed by atoms with Gasteiger partial charge in [-0.25, -0.2) is 0 Å². The van der Waals surface area contributed by atoms with E-state index in [1.165, 1.54) is 8.61 Å². The summed E-state index contributed by atoms with van der Waals surface area (Å²) in [7, 11) is -2.03. The Morgan fingerprint density at radius 2 is 2.04 bits per heavy atom. The van der Waals surface area contributed by atoms with Crippen molar-refractivity contribution >= 4 is 10.2 Å². The molecule has 1 aliphatic heterocycles. The van der Waals surface area contributed by atoms with Crippen molar-refractivity contribution < 1.29 is 17.9 Å². The van der Waals surface area contributed by atoms with Crippen LogP contribution in [0.3, 0.4) is 0 Å². The topological polar surface area (TPSA) is 72.0 Å². The second-order valence-electron chi connectivity index (χ2n) is 5.73. The zero-order valence-corrected chi connectivity index (χ0v) is 14.7. The van der Waals surface area contributed by atoms with Gasteiger partial charge < -0.3 is 9.47 Å². The van der Waals surface area contributed by atoms with Crippen molar-refractivity contribution in [3.63, 3.8) is 0 Å². The average molecular weight is 343 g/mol. The lowest BCUT2D eigenvalue weighted by molar-refractivity contribution is -0.0456. The van der Waals surface area contributed by atoms with Gasteiger partial charge in [-0.1, -0.05) is 6.07 Å². The standard InChI is InChI=1S/C15H25N3O4S/c1-13-10-18(11-14(2)22-13)23(19,20)17(8-9-21-3)12-15-6-4-5-7-16-15/h4-7,13-14H,8-12H2,1-3H3/t13-,14-/m1/s1. The minimum Gasteiger partial charge on any atom is -0.383 e. The van der Waals surface area contributed by atoms with Crippen molar-refractivity contribution in [1.82, 2.24) is 13.6 Å². The average Bonchev–Trinajstić information content (AvgIpc) is 2.51. The van der Waals surface area contributed by atoms with Crippen molar-refractivity contribution in [1.29, 1.82) is 0 Å². The Kier molecular flexibility index (Phi) is 6.49. The first kappa shape index (κ1) is 18.3. The van der Waals surface area contributed by atoms with Crippen LogP contribution in [0.5, 0.6) is 0 Å². The van der Waals surface area contributed by atoms with E-state index >= 15 is 0 Å². The summed E-state index contributed by atoms with van der Waals surface area (Å²) >= 11 is 0. The van der Waals surface area contributed by atoms with Gasteiger partial charge in [-0.05, 0) is 26.0 Å². The molecule has 0 saturated carbocycles. The van der Waals surface area contributed by atoms with E-state index in [9.17, 15) is 8.42 Å². The molecular weight excluding hydrogens is 318 g/mol. The van der Waals surface area contributed by atoms with Gasteiger partial charge in [-0.3, -0.25) is 4.98 Å². The van der Waals surface area contributed by atoms with Crippen LogP contribution in [0.1, 0.15) is 19.5 Å². The third-order valence-corrected chi connectivity index (χ3v) is 5.56. The van der Waals surface area contributed by atoms with E-state index in [1.807, 2.05) is 32.0 Å². The van der Waals surface area contributed by atoms with E-state index in [1.54, 1.807) is 13.3 Å². The summed E-state index contributed by atoms with van der Waals surface area (Å²) in [6, 6.07) is 5.48. The Labute approximate surface area is 138 Å². The predicted octanol–water partition coefficient (Wildman–Crippen LogP) is 0.884. The maximum atomic E-state index is 13.0. The molecule has 1 fully saturated rings. The number of rotatable bonds is 7. The number of pyridine rings is 1. The smallest absolute Gasteiger partial charge is 0.282 e. The Morgan fingerprint density at radius 3 is 2.61 bits per heavy atom. The summed E-state index contributed by atoms with van der Waals surface area (Å²) in [5.74, 6) is 0. The van der Waals surface area contributed by atoms with Gasteiger partial charge in [0.2, 0.25) is 0 Å². The van der Waals surface area contributed by atoms with E-state index < -0.39 is 10.2 Å². The molecule has 2 atom stereocenters. The molecule has 0 aliphatic carbocycles. The molecule has 1 aromatic heterocycles. The molecule has 1 saturated heterocycles. The van der Waals surface area contributed by atoms with Crippen LogP contribution >= 0.6 is 0 Å². The summed E-state index contributed by atoms with van der Waals surface area (Å²) in [5.41, 5.74) is 0.710. The van der Waals surface area contributed by atoms with Crippen LogP contribution in [0, 0.1) is 0 Å². The predicted molar refractivity (Wildman–Crippen MR) is 87.0 cm³/mol. The first-order valence-corrected chi connectivity index (χ1v) is 9.12. The number of ether oxygens (including phenoxy) is 2. The Balaban J connectivity index is 2.18. The zero-order chi connectivity index (χ0) is 16.9. The molecule has 0 aromatic carbocycles. The molecule has 23 heavy (non-hydrogen) atoms. The SMILES string of the molecule is COCCN(Cc1ccccn1)S(=O)(=O)N1C[C@@H](C)O[C@H](C)C1. The van der Waals surface area contributed by atoms with Gasteiger partial charge >= 0.3 is 0 Å². The molecule has 7 nitrogen and oxygen atoms in total. The van der Waals surface area contributed by atoms with Crippen LogP contribution in [0.25, 0.3) is 0 Å². The Morgan fingerprint density at radius 1 is 1.35 bits per heavy atom. The van der Waals surface area contributed by atoms with Crippen molar-refractivity contribution in [2.24, 2.45) is 0 Å². The maximum Gasteiger partial charge on any atom is 0.282 e. The monoisotopic (exact) mass is 343 g/mol. The molecule has 0 radical (unpaired) electrons. The summed E-state index contributed by atoms with van der Waals surface area (Å²) in [4.78, 5) is 4.23. The largest absolute Gasteiger partial charge is 0.383 e. The van der Waals surface area contributed by atoms with Gasteiger partial charge in [0.15, 0.2) is 0 Å².